The van der Waals surface area contributed by atoms with Crippen molar-refractivity contribution >= 4 is 69.0 Å². The van der Waals surface area contributed by atoms with E-state index in [0.717, 1.165) is 0 Å². The number of hydrogen-bond acceptors (Lipinski definition) is 7. The molecule has 2 N–H and O–H groups in total. The molecule has 12 heteroatoms. The highest BCUT2D eigenvalue weighted by molar-refractivity contribution is 6.67. The first-order chi connectivity index (χ1) is 15.2. The Hall–Kier alpha value is -2.59. The topological polar surface area (TPSA) is 94.6 Å². The summed E-state index contributed by atoms with van der Waals surface area (Å²) < 4.78 is 28.2. The fourth-order valence-electron chi connectivity index (χ4n) is 2.61. The van der Waals surface area contributed by atoms with Gasteiger partial charge in [-0.25, -0.2) is 19.2 Å². The van der Waals surface area contributed by atoms with E-state index in [9.17, 15) is 9.18 Å². The average molecular weight is 504 g/mol. The highest BCUT2D eigenvalue weighted by Crippen LogP contribution is 2.30. The monoisotopic (exact) mass is 502 g/mol. The number of fused-ring (bicyclic) bond motifs is 1. The van der Waals surface area contributed by atoms with Crippen LogP contribution in [0.5, 0.6) is 5.75 Å². The van der Waals surface area contributed by atoms with Gasteiger partial charge in [-0.2, -0.15) is 0 Å². The van der Waals surface area contributed by atoms with Crippen molar-refractivity contribution in [1.82, 2.24) is 9.97 Å². The summed E-state index contributed by atoms with van der Waals surface area (Å²) in [5, 5.41) is 5.75. The predicted octanol–water partition coefficient (Wildman–Crippen LogP) is 5.46. The van der Waals surface area contributed by atoms with Crippen LogP contribution in [0.3, 0.4) is 0 Å². The second-order valence-corrected chi connectivity index (χ2v) is 8.90. The van der Waals surface area contributed by atoms with Crippen LogP contribution in [-0.2, 0) is 9.47 Å². The second-order valence-electron chi connectivity index (χ2n) is 6.38. The molecule has 0 unspecified atom stereocenters. The Labute approximate surface area is 197 Å². The summed E-state index contributed by atoms with van der Waals surface area (Å²) >= 11 is 16.6. The molecule has 32 heavy (non-hydrogen) atoms. The summed E-state index contributed by atoms with van der Waals surface area (Å²) in [6.07, 6.45) is 0.545. The van der Waals surface area contributed by atoms with Gasteiger partial charge in [-0.1, -0.05) is 34.8 Å². The summed E-state index contributed by atoms with van der Waals surface area (Å²) in [5.41, 5.74) is 1.43. The van der Waals surface area contributed by atoms with E-state index in [2.05, 4.69) is 20.6 Å². The fourth-order valence-corrected chi connectivity index (χ4v) is 2.78. The zero-order valence-electron chi connectivity index (χ0n) is 16.7. The molecule has 0 saturated heterocycles. The van der Waals surface area contributed by atoms with E-state index in [1.807, 2.05) is 0 Å². The lowest BCUT2D eigenvalue weighted by Gasteiger charge is -2.13. The standard InChI is InChI=1S/C20H18Cl3FN4O4/c1-30-6-7-31-14-8-15(24)17-16(9-14)25-11-26-18(17)27-12-2-4-13(5-3-12)28-19(29)32-10-20(21,22)23/h2-5,8-9,11H,6-7,10H2,1H3,(H,28,29)(H,25,26,27). The quantitative estimate of drug-likeness (QED) is 0.311. The number of anilines is 3. The molecule has 1 heterocycles. The van der Waals surface area contributed by atoms with Gasteiger partial charge in [0.05, 0.1) is 17.5 Å². The Kier molecular flexibility index (Phi) is 8.14. The van der Waals surface area contributed by atoms with E-state index < -0.39 is 22.3 Å². The molecule has 0 aliphatic carbocycles. The van der Waals surface area contributed by atoms with E-state index in [-0.39, 0.29) is 17.8 Å². The van der Waals surface area contributed by atoms with Gasteiger partial charge in [0.1, 0.15) is 36.9 Å². The van der Waals surface area contributed by atoms with Gasteiger partial charge in [-0.15, -0.1) is 0 Å². The van der Waals surface area contributed by atoms with E-state index in [1.165, 1.54) is 12.4 Å². The first-order valence-electron chi connectivity index (χ1n) is 9.19. The highest BCUT2D eigenvalue weighted by atomic mass is 35.6. The number of carbonyl (C=O) groups excluding carboxylic acids is 1. The Morgan fingerprint density at radius 3 is 2.50 bits per heavy atom. The van der Waals surface area contributed by atoms with E-state index in [0.29, 0.717) is 29.2 Å². The second kappa shape index (κ2) is 10.8. The molecule has 0 aliphatic heterocycles. The maximum absolute atomic E-state index is 14.8. The van der Waals surface area contributed by atoms with Crippen molar-refractivity contribution < 1.29 is 23.4 Å². The molecule has 8 nitrogen and oxygen atoms in total. The molecule has 0 fully saturated rings. The number of rotatable bonds is 8. The summed E-state index contributed by atoms with van der Waals surface area (Å²) in [5.74, 6) is 0.0838. The van der Waals surface area contributed by atoms with Crippen molar-refractivity contribution in [3.8, 4) is 5.75 Å². The normalized spacial score (nSPS) is 11.3. The number of methoxy groups -OCH3 is 1. The van der Waals surface area contributed by atoms with Crippen LogP contribution in [0.4, 0.5) is 26.4 Å². The number of nitrogens with zero attached hydrogens (tertiary/aromatic N) is 2. The van der Waals surface area contributed by atoms with Crippen LogP contribution >= 0.6 is 34.8 Å². The van der Waals surface area contributed by atoms with Gasteiger partial charge >= 0.3 is 6.09 Å². The largest absolute Gasteiger partial charge is 0.491 e. The SMILES string of the molecule is COCCOc1cc(F)c2c(Nc3ccc(NC(=O)OCC(Cl)(Cl)Cl)cc3)ncnc2c1. The Morgan fingerprint density at radius 2 is 1.81 bits per heavy atom. The number of nitrogens with one attached hydrogen (secondary N) is 2. The van der Waals surface area contributed by atoms with Gasteiger partial charge in [0, 0.05) is 30.6 Å². The molecule has 0 saturated carbocycles. The van der Waals surface area contributed by atoms with Gasteiger partial charge in [-0.05, 0) is 24.3 Å². The van der Waals surface area contributed by atoms with Crippen molar-refractivity contribution in [2.75, 3.05) is 37.6 Å². The number of ether oxygens (including phenoxy) is 3. The molecule has 1 amide bonds. The van der Waals surface area contributed by atoms with Gasteiger partial charge < -0.3 is 19.5 Å². The molecule has 0 aliphatic rings. The van der Waals surface area contributed by atoms with Crippen molar-refractivity contribution in [3.05, 3.63) is 48.5 Å². The number of aromatic nitrogens is 2. The molecule has 2 aromatic carbocycles. The number of benzene rings is 2. The molecule has 0 bridgehead atoms. The number of amides is 1. The number of carbonyl (C=O) groups is 1. The summed E-state index contributed by atoms with van der Waals surface area (Å²) in [6, 6.07) is 9.44. The van der Waals surface area contributed by atoms with Gasteiger partial charge in [0.15, 0.2) is 0 Å². The van der Waals surface area contributed by atoms with E-state index in [4.69, 9.17) is 49.0 Å². The third-order valence-corrected chi connectivity index (χ3v) is 4.31. The summed E-state index contributed by atoms with van der Waals surface area (Å²) in [4.78, 5) is 20.0. The minimum atomic E-state index is -1.70. The average Bonchev–Trinajstić information content (AvgIpc) is 2.73. The van der Waals surface area contributed by atoms with Gasteiger partial charge in [0.25, 0.3) is 0 Å². The number of hydrogen-bond donors (Lipinski definition) is 2. The predicted molar refractivity (Wildman–Crippen MR) is 122 cm³/mol. The molecular weight excluding hydrogens is 486 g/mol. The molecule has 3 aromatic rings. The molecule has 170 valence electrons. The minimum Gasteiger partial charge on any atom is -0.491 e. The third kappa shape index (κ3) is 6.96. The van der Waals surface area contributed by atoms with Crippen LogP contribution in [0.15, 0.2) is 42.7 Å². The Morgan fingerprint density at radius 1 is 1.09 bits per heavy atom. The van der Waals surface area contributed by atoms with Crippen LogP contribution in [-0.4, -0.2) is 46.8 Å². The molecule has 1 aromatic heterocycles. The van der Waals surface area contributed by atoms with E-state index in [1.54, 1.807) is 37.4 Å². The minimum absolute atomic E-state index is 0.212. The van der Waals surface area contributed by atoms with Gasteiger partial charge in [0.2, 0.25) is 3.79 Å². The first-order valence-corrected chi connectivity index (χ1v) is 10.3. The molecule has 3 rings (SSSR count). The van der Waals surface area contributed by atoms with Gasteiger partial charge in [-0.3, -0.25) is 5.32 Å². The lowest BCUT2D eigenvalue weighted by Crippen LogP contribution is -2.21. The zero-order valence-corrected chi connectivity index (χ0v) is 19.0. The summed E-state index contributed by atoms with van der Waals surface area (Å²) in [7, 11) is 1.55. The van der Waals surface area contributed by atoms with Crippen molar-refractivity contribution in [2.24, 2.45) is 0 Å². The smallest absolute Gasteiger partial charge is 0.411 e. The van der Waals surface area contributed by atoms with Crippen LogP contribution in [0.25, 0.3) is 10.9 Å². The van der Waals surface area contributed by atoms with Crippen molar-refractivity contribution in [1.29, 1.82) is 0 Å². The fraction of sp³-hybridized carbons (Fsp3) is 0.250. The molecular formula is C20H18Cl3FN4O4. The third-order valence-electron chi connectivity index (χ3n) is 3.98. The highest BCUT2D eigenvalue weighted by Gasteiger charge is 2.22. The van der Waals surface area contributed by atoms with Crippen LogP contribution in [0.2, 0.25) is 0 Å². The van der Waals surface area contributed by atoms with Crippen molar-refractivity contribution in [3.63, 3.8) is 0 Å². The lowest BCUT2D eigenvalue weighted by atomic mass is 10.2. The Bertz CT molecular complexity index is 1080. The van der Waals surface area contributed by atoms with Crippen LogP contribution in [0.1, 0.15) is 0 Å². The number of halogens is 4. The first kappa shape index (κ1) is 24.1. The van der Waals surface area contributed by atoms with Crippen LogP contribution < -0.4 is 15.4 Å². The Balaban J connectivity index is 1.70. The number of alkyl halides is 3. The zero-order chi connectivity index (χ0) is 23.1. The van der Waals surface area contributed by atoms with E-state index >= 15 is 0 Å². The molecule has 0 radical (unpaired) electrons. The van der Waals surface area contributed by atoms with Crippen LogP contribution in [0, 0.1) is 5.82 Å². The van der Waals surface area contributed by atoms with Crippen molar-refractivity contribution in [2.45, 2.75) is 3.79 Å². The summed E-state index contributed by atoms with van der Waals surface area (Å²) in [6.45, 7) is 0.274. The maximum Gasteiger partial charge on any atom is 0.411 e. The maximum atomic E-state index is 14.8. The molecule has 0 spiro atoms. The lowest BCUT2D eigenvalue weighted by molar-refractivity contribution is 0.146. The molecule has 0 atom stereocenters.